The minimum absolute atomic E-state index is 0.0548. The fourth-order valence-corrected chi connectivity index (χ4v) is 2.88. The van der Waals surface area contributed by atoms with Gasteiger partial charge in [-0.25, -0.2) is 4.98 Å². The van der Waals surface area contributed by atoms with Crippen LogP contribution in [0.1, 0.15) is 18.5 Å². The van der Waals surface area contributed by atoms with Crippen molar-refractivity contribution in [1.82, 2.24) is 24.5 Å². The number of rotatable bonds is 5. The van der Waals surface area contributed by atoms with Crippen LogP contribution in [0.25, 0.3) is 0 Å². The van der Waals surface area contributed by atoms with Crippen molar-refractivity contribution >= 4 is 11.7 Å². The van der Waals surface area contributed by atoms with Gasteiger partial charge in [0.05, 0.1) is 12.6 Å². The van der Waals surface area contributed by atoms with Crippen LogP contribution in [0.4, 0.5) is 5.82 Å². The zero-order valence-electron chi connectivity index (χ0n) is 14.4. The van der Waals surface area contributed by atoms with Crippen LogP contribution in [0.3, 0.4) is 0 Å². The predicted molar refractivity (Wildman–Crippen MR) is 89.4 cm³/mol. The van der Waals surface area contributed by atoms with Crippen LogP contribution >= 0.6 is 0 Å². The van der Waals surface area contributed by atoms with E-state index in [4.69, 9.17) is 4.52 Å². The Bertz CT molecular complexity index is 686. The van der Waals surface area contributed by atoms with E-state index in [0.717, 1.165) is 38.5 Å². The Morgan fingerprint density at radius 1 is 1.38 bits per heavy atom. The Hall–Kier alpha value is -2.19. The molecule has 1 atom stereocenters. The summed E-state index contributed by atoms with van der Waals surface area (Å²) in [5.41, 5.74) is 0. The Balaban J connectivity index is 1.48. The van der Waals surface area contributed by atoms with Gasteiger partial charge < -0.3 is 14.4 Å². The molecule has 3 heterocycles. The topological polar surface area (TPSA) is 79.4 Å². The first-order valence-electron chi connectivity index (χ1n) is 8.19. The van der Waals surface area contributed by atoms with Crippen LogP contribution in [0.15, 0.2) is 23.0 Å². The molecule has 130 valence electrons. The number of nitrogens with zero attached hydrogens (tertiary/aromatic N) is 5. The van der Waals surface area contributed by atoms with Gasteiger partial charge in [0, 0.05) is 51.7 Å². The van der Waals surface area contributed by atoms with Crippen molar-refractivity contribution in [3.8, 4) is 0 Å². The summed E-state index contributed by atoms with van der Waals surface area (Å²) in [6.07, 6.45) is 3.78. The first-order valence-corrected chi connectivity index (χ1v) is 8.19. The first kappa shape index (κ1) is 16.7. The summed E-state index contributed by atoms with van der Waals surface area (Å²) in [6, 6.07) is 1.52. The highest BCUT2D eigenvalue weighted by molar-refractivity contribution is 5.93. The molecule has 0 radical (unpaired) electrons. The number of carbonyl (C=O) groups excluding carboxylic acids is 1. The fourth-order valence-electron chi connectivity index (χ4n) is 2.88. The maximum atomic E-state index is 12.3. The highest BCUT2D eigenvalue weighted by atomic mass is 16.5. The number of aryl methyl sites for hydroxylation is 2. The Morgan fingerprint density at radius 3 is 2.71 bits per heavy atom. The summed E-state index contributed by atoms with van der Waals surface area (Å²) >= 11 is 0. The lowest BCUT2D eigenvalue weighted by Crippen LogP contribution is -2.52. The van der Waals surface area contributed by atoms with Crippen LogP contribution in [0.5, 0.6) is 0 Å². The number of hydrogen-bond acceptors (Lipinski definition) is 6. The molecule has 8 nitrogen and oxygen atoms in total. The summed E-state index contributed by atoms with van der Waals surface area (Å²) in [5, 5.41) is 6.60. The van der Waals surface area contributed by atoms with E-state index >= 15 is 0 Å². The molecule has 0 saturated carbocycles. The molecular weight excluding hydrogens is 308 g/mol. The predicted octanol–water partition coefficient (Wildman–Crippen LogP) is 0.861. The van der Waals surface area contributed by atoms with Gasteiger partial charge in [-0.2, -0.15) is 0 Å². The van der Waals surface area contributed by atoms with Crippen LogP contribution < -0.4 is 5.32 Å². The smallest absolute Gasteiger partial charge is 0.242 e. The molecule has 8 heteroatoms. The molecule has 3 rings (SSSR count). The SMILES string of the molecule is Cc1cc(NC(=O)C(C)N2CCN(Cc3nccn3C)CC2)no1. The molecule has 1 fully saturated rings. The van der Waals surface area contributed by atoms with E-state index in [1.165, 1.54) is 0 Å². The van der Waals surface area contributed by atoms with Gasteiger partial charge in [-0.3, -0.25) is 14.6 Å². The lowest BCUT2D eigenvalue weighted by atomic mass is 10.2. The molecule has 1 aliphatic rings. The average molecular weight is 332 g/mol. The van der Waals surface area contributed by atoms with E-state index in [9.17, 15) is 4.79 Å². The molecule has 1 aliphatic heterocycles. The summed E-state index contributed by atoms with van der Waals surface area (Å²) < 4.78 is 7.02. The fraction of sp³-hybridized carbons (Fsp3) is 0.562. The molecule has 0 bridgehead atoms. The van der Waals surface area contributed by atoms with E-state index in [1.54, 1.807) is 13.0 Å². The van der Waals surface area contributed by atoms with E-state index in [1.807, 2.05) is 30.9 Å². The largest absolute Gasteiger partial charge is 0.360 e. The standard InChI is InChI=1S/C16H24N6O2/c1-12-10-14(19-24-12)18-16(23)13(2)22-8-6-21(7-9-22)11-15-17-4-5-20(15)3/h4-5,10,13H,6-9,11H2,1-3H3,(H,18,19,23). The lowest BCUT2D eigenvalue weighted by Gasteiger charge is -2.37. The monoisotopic (exact) mass is 332 g/mol. The average Bonchev–Trinajstić information content (AvgIpc) is 3.16. The molecule has 1 N–H and O–H groups in total. The summed E-state index contributed by atoms with van der Waals surface area (Å²) in [6.45, 7) is 8.13. The number of anilines is 1. The highest BCUT2D eigenvalue weighted by Gasteiger charge is 2.26. The van der Waals surface area contributed by atoms with Crippen LogP contribution in [0.2, 0.25) is 0 Å². The number of hydrogen-bond donors (Lipinski definition) is 1. The maximum Gasteiger partial charge on any atom is 0.242 e. The number of aromatic nitrogens is 3. The lowest BCUT2D eigenvalue weighted by molar-refractivity contribution is -0.121. The van der Waals surface area contributed by atoms with Gasteiger partial charge in [-0.15, -0.1) is 0 Å². The van der Waals surface area contributed by atoms with Crippen LogP contribution in [-0.2, 0) is 18.4 Å². The molecule has 1 amide bonds. The normalized spacial score (nSPS) is 17.8. The molecule has 1 saturated heterocycles. The molecule has 0 aliphatic carbocycles. The second kappa shape index (κ2) is 7.14. The first-order chi connectivity index (χ1) is 11.5. The van der Waals surface area contributed by atoms with Gasteiger partial charge in [-0.05, 0) is 13.8 Å². The minimum atomic E-state index is -0.197. The van der Waals surface area contributed by atoms with E-state index in [0.29, 0.717) is 11.6 Å². The molecule has 2 aromatic rings. The molecule has 2 aromatic heterocycles. The molecular formula is C16H24N6O2. The maximum absolute atomic E-state index is 12.3. The van der Waals surface area contributed by atoms with E-state index < -0.39 is 0 Å². The summed E-state index contributed by atoms with van der Waals surface area (Å²) in [7, 11) is 2.01. The second-order valence-corrected chi connectivity index (χ2v) is 6.25. The zero-order chi connectivity index (χ0) is 17.1. The van der Waals surface area contributed by atoms with Crippen molar-refractivity contribution in [1.29, 1.82) is 0 Å². The molecule has 24 heavy (non-hydrogen) atoms. The Kier molecular flexibility index (Phi) is 4.96. The molecule has 1 unspecified atom stereocenters. The minimum Gasteiger partial charge on any atom is -0.360 e. The van der Waals surface area contributed by atoms with Gasteiger partial charge in [0.1, 0.15) is 11.6 Å². The Morgan fingerprint density at radius 2 is 2.12 bits per heavy atom. The van der Waals surface area contributed by atoms with Gasteiger partial charge in [0.2, 0.25) is 5.91 Å². The summed E-state index contributed by atoms with van der Waals surface area (Å²) in [5.74, 6) is 2.16. The third-order valence-electron chi connectivity index (χ3n) is 4.50. The number of carbonyl (C=O) groups is 1. The number of amides is 1. The van der Waals surface area contributed by atoms with Crippen molar-refractivity contribution < 1.29 is 9.32 Å². The zero-order valence-corrected chi connectivity index (χ0v) is 14.4. The van der Waals surface area contributed by atoms with Crippen LogP contribution in [-0.4, -0.2) is 62.6 Å². The van der Waals surface area contributed by atoms with Crippen molar-refractivity contribution in [2.45, 2.75) is 26.4 Å². The van der Waals surface area contributed by atoms with Gasteiger partial charge in [0.25, 0.3) is 0 Å². The molecule has 0 spiro atoms. The Labute approximate surface area is 141 Å². The van der Waals surface area contributed by atoms with Gasteiger partial charge in [-0.1, -0.05) is 5.16 Å². The van der Waals surface area contributed by atoms with Gasteiger partial charge >= 0.3 is 0 Å². The second-order valence-electron chi connectivity index (χ2n) is 6.25. The summed E-state index contributed by atoms with van der Waals surface area (Å²) in [4.78, 5) is 21.3. The third-order valence-corrected chi connectivity index (χ3v) is 4.50. The molecule has 0 aromatic carbocycles. The quantitative estimate of drug-likeness (QED) is 0.875. The third kappa shape index (κ3) is 3.82. The number of piperazine rings is 1. The van der Waals surface area contributed by atoms with Crippen LogP contribution in [0, 0.1) is 6.92 Å². The van der Waals surface area contributed by atoms with Gasteiger partial charge in [0.15, 0.2) is 5.82 Å². The van der Waals surface area contributed by atoms with Crippen molar-refractivity contribution in [2.24, 2.45) is 7.05 Å². The van der Waals surface area contributed by atoms with E-state index in [2.05, 4.69) is 25.3 Å². The van der Waals surface area contributed by atoms with Crippen molar-refractivity contribution in [3.63, 3.8) is 0 Å². The van der Waals surface area contributed by atoms with Crippen molar-refractivity contribution in [3.05, 3.63) is 30.0 Å². The number of imidazole rings is 1. The van der Waals surface area contributed by atoms with Crippen molar-refractivity contribution in [2.75, 3.05) is 31.5 Å². The number of nitrogens with one attached hydrogen (secondary N) is 1. The highest BCUT2D eigenvalue weighted by Crippen LogP contribution is 2.12. The van der Waals surface area contributed by atoms with E-state index in [-0.39, 0.29) is 11.9 Å².